The molecule has 1 N–H and O–H groups in total. The molecule has 1 aliphatic rings. The smallest absolute Gasteiger partial charge is 0.204 e. The molecule has 0 saturated heterocycles. The highest BCUT2D eigenvalue weighted by Crippen LogP contribution is 2.52. The molecule has 0 unspecified atom stereocenters. The predicted octanol–water partition coefficient (Wildman–Crippen LogP) is 5.40. The SMILES string of the molecule is CCCC[C@]1(CC)CS(=O)(=O)c2c(cc(OCC)c(OCC)c2OC)[C@@H](c2ccccc2)N1O. The summed E-state index contributed by atoms with van der Waals surface area (Å²) >= 11 is 0. The van der Waals surface area contributed by atoms with E-state index >= 15 is 0 Å². The van der Waals surface area contributed by atoms with Crippen LogP contribution in [0.2, 0.25) is 0 Å². The van der Waals surface area contributed by atoms with Gasteiger partial charge in [0.2, 0.25) is 5.75 Å². The van der Waals surface area contributed by atoms with Gasteiger partial charge in [-0.15, -0.1) is 0 Å². The van der Waals surface area contributed by atoms with Gasteiger partial charge in [-0.05, 0) is 38.3 Å². The normalized spacial score (nSPS) is 22.0. The number of benzene rings is 2. The van der Waals surface area contributed by atoms with E-state index in [1.807, 2.05) is 51.1 Å². The molecule has 0 radical (unpaired) electrons. The number of sulfone groups is 1. The Morgan fingerprint density at radius 3 is 2.29 bits per heavy atom. The third kappa shape index (κ3) is 4.76. The maximum Gasteiger partial charge on any atom is 0.204 e. The molecule has 0 amide bonds. The van der Waals surface area contributed by atoms with Crippen molar-refractivity contribution >= 4 is 9.84 Å². The fourth-order valence-electron chi connectivity index (χ4n) is 4.86. The van der Waals surface area contributed by atoms with Gasteiger partial charge < -0.3 is 19.4 Å². The molecule has 2 aromatic carbocycles. The summed E-state index contributed by atoms with van der Waals surface area (Å²) in [6, 6.07) is 10.4. The number of ether oxygens (including phenoxy) is 3. The molecule has 3 rings (SSSR count). The van der Waals surface area contributed by atoms with Crippen molar-refractivity contribution in [3.05, 3.63) is 47.5 Å². The predicted molar refractivity (Wildman–Crippen MR) is 132 cm³/mol. The van der Waals surface area contributed by atoms with E-state index in [9.17, 15) is 13.6 Å². The Kier molecular flexibility index (Phi) is 8.49. The van der Waals surface area contributed by atoms with E-state index in [2.05, 4.69) is 6.92 Å². The average molecular weight is 492 g/mol. The monoisotopic (exact) mass is 491 g/mol. The molecular formula is C26H37NO6S. The molecular weight excluding hydrogens is 454 g/mol. The van der Waals surface area contributed by atoms with Gasteiger partial charge in [0.05, 0.1) is 37.7 Å². The summed E-state index contributed by atoms with van der Waals surface area (Å²) in [7, 11) is -2.44. The summed E-state index contributed by atoms with van der Waals surface area (Å²) in [6.45, 7) is 8.35. The minimum atomic E-state index is -3.88. The Hall–Kier alpha value is -2.29. The average Bonchev–Trinajstić information content (AvgIpc) is 2.90. The number of unbranched alkanes of at least 4 members (excludes halogenated alkanes) is 1. The molecule has 34 heavy (non-hydrogen) atoms. The summed E-state index contributed by atoms with van der Waals surface area (Å²) in [5, 5.41) is 13.1. The number of hydroxylamine groups is 2. The molecule has 2 atom stereocenters. The zero-order valence-electron chi connectivity index (χ0n) is 20.8. The topological polar surface area (TPSA) is 85.3 Å². The number of rotatable bonds is 10. The zero-order chi connectivity index (χ0) is 24.9. The molecule has 0 aromatic heterocycles. The summed E-state index contributed by atoms with van der Waals surface area (Å²) < 4.78 is 45.5. The molecule has 0 saturated carbocycles. The van der Waals surface area contributed by atoms with Gasteiger partial charge in [-0.3, -0.25) is 0 Å². The highest BCUT2D eigenvalue weighted by molar-refractivity contribution is 7.91. The van der Waals surface area contributed by atoms with Crippen LogP contribution >= 0.6 is 0 Å². The van der Waals surface area contributed by atoms with Crippen LogP contribution in [-0.4, -0.2) is 50.3 Å². The van der Waals surface area contributed by atoms with E-state index in [1.165, 1.54) is 12.2 Å². The third-order valence-electron chi connectivity index (χ3n) is 6.54. The van der Waals surface area contributed by atoms with Crippen LogP contribution < -0.4 is 14.2 Å². The van der Waals surface area contributed by atoms with Gasteiger partial charge in [-0.1, -0.05) is 57.0 Å². The van der Waals surface area contributed by atoms with Crippen LogP contribution in [0.1, 0.15) is 70.5 Å². The number of hydrogen-bond acceptors (Lipinski definition) is 7. The molecule has 0 spiro atoms. The van der Waals surface area contributed by atoms with Gasteiger partial charge in [0, 0.05) is 5.56 Å². The lowest BCUT2D eigenvalue weighted by atomic mass is 9.87. The highest BCUT2D eigenvalue weighted by atomic mass is 32.2. The zero-order valence-corrected chi connectivity index (χ0v) is 21.7. The molecule has 1 aliphatic heterocycles. The van der Waals surface area contributed by atoms with Crippen molar-refractivity contribution in [2.75, 3.05) is 26.1 Å². The van der Waals surface area contributed by atoms with Crippen LogP contribution in [0.15, 0.2) is 41.3 Å². The lowest BCUT2D eigenvalue weighted by Gasteiger charge is -2.42. The number of methoxy groups -OCH3 is 1. The van der Waals surface area contributed by atoms with E-state index in [1.54, 1.807) is 6.07 Å². The van der Waals surface area contributed by atoms with Gasteiger partial charge in [0.25, 0.3) is 0 Å². The first-order valence-electron chi connectivity index (χ1n) is 12.1. The van der Waals surface area contributed by atoms with E-state index in [0.717, 1.165) is 18.4 Å². The third-order valence-corrected chi connectivity index (χ3v) is 8.50. The van der Waals surface area contributed by atoms with Crippen molar-refractivity contribution in [1.82, 2.24) is 5.06 Å². The molecule has 0 bridgehead atoms. The van der Waals surface area contributed by atoms with Crippen molar-refractivity contribution in [1.29, 1.82) is 0 Å². The van der Waals surface area contributed by atoms with Crippen LogP contribution in [0, 0.1) is 0 Å². The van der Waals surface area contributed by atoms with Crippen molar-refractivity contribution in [3.63, 3.8) is 0 Å². The lowest BCUT2D eigenvalue weighted by molar-refractivity contribution is -0.193. The number of nitrogens with zero attached hydrogens (tertiary/aromatic N) is 1. The maximum absolute atomic E-state index is 14.0. The molecule has 2 aromatic rings. The van der Waals surface area contributed by atoms with Gasteiger partial charge >= 0.3 is 0 Å². The molecule has 188 valence electrons. The van der Waals surface area contributed by atoms with Crippen molar-refractivity contribution in [3.8, 4) is 17.2 Å². The second kappa shape index (κ2) is 11.0. The maximum atomic E-state index is 14.0. The molecule has 7 nitrogen and oxygen atoms in total. The van der Waals surface area contributed by atoms with Crippen LogP contribution in [0.4, 0.5) is 0 Å². The minimum absolute atomic E-state index is 0.0571. The Labute approximate surface area is 203 Å². The molecule has 1 heterocycles. The van der Waals surface area contributed by atoms with Gasteiger partial charge in [0.15, 0.2) is 21.3 Å². The van der Waals surface area contributed by atoms with Crippen molar-refractivity contribution in [2.24, 2.45) is 0 Å². The fourth-order valence-corrected chi connectivity index (χ4v) is 7.18. The van der Waals surface area contributed by atoms with E-state index < -0.39 is 21.4 Å². The van der Waals surface area contributed by atoms with Crippen LogP contribution in [-0.2, 0) is 9.84 Å². The van der Waals surface area contributed by atoms with Gasteiger partial charge in [-0.25, -0.2) is 8.42 Å². The van der Waals surface area contributed by atoms with Crippen LogP contribution in [0.5, 0.6) is 17.2 Å². The summed E-state index contributed by atoms with van der Waals surface area (Å²) in [4.78, 5) is 0.0571. The first kappa shape index (κ1) is 26.3. The van der Waals surface area contributed by atoms with E-state index in [-0.39, 0.29) is 22.1 Å². The second-order valence-corrected chi connectivity index (χ2v) is 10.5. The summed E-state index contributed by atoms with van der Waals surface area (Å²) in [5.41, 5.74) is 0.243. The highest BCUT2D eigenvalue weighted by Gasteiger charge is 2.49. The van der Waals surface area contributed by atoms with Gasteiger partial charge in [-0.2, -0.15) is 5.06 Å². The Morgan fingerprint density at radius 1 is 1.06 bits per heavy atom. The number of fused-ring (bicyclic) bond motifs is 1. The largest absolute Gasteiger partial charge is 0.491 e. The minimum Gasteiger partial charge on any atom is -0.491 e. The molecule has 0 aliphatic carbocycles. The standard InChI is InChI=1S/C26H37NO6S/c1-6-10-16-26(7-2)18-34(29,30)25-20(22(27(26)28)19-14-12-11-13-15-19)17-21(32-8-3)23(33-9-4)24(25)31-5/h11-15,17,22,28H,6-10,16,18H2,1-5H3/t22-,26-/m1/s1. The van der Waals surface area contributed by atoms with Crippen molar-refractivity contribution in [2.45, 2.75) is 69.9 Å². The summed E-state index contributed by atoms with van der Waals surface area (Å²) in [6.07, 6.45) is 2.71. The second-order valence-electron chi connectivity index (χ2n) is 8.62. The lowest BCUT2D eigenvalue weighted by Crippen LogP contribution is -2.51. The Morgan fingerprint density at radius 2 is 1.74 bits per heavy atom. The molecule has 8 heteroatoms. The number of hydrogen-bond donors (Lipinski definition) is 1. The Balaban J connectivity index is 2.44. The quantitative estimate of drug-likeness (QED) is 0.476. The first-order valence-corrected chi connectivity index (χ1v) is 13.7. The first-order chi connectivity index (χ1) is 16.3. The van der Waals surface area contributed by atoms with Crippen LogP contribution in [0.3, 0.4) is 0 Å². The van der Waals surface area contributed by atoms with Gasteiger partial charge in [0.1, 0.15) is 4.90 Å². The van der Waals surface area contributed by atoms with E-state index in [4.69, 9.17) is 14.2 Å². The van der Waals surface area contributed by atoms with E-state index in [0.29, 0.717) is 37.4 Å². The van der Waals surface area contributed by atoms with Crippen molar-refractivity contribution < 1.29 is 27.8 Å². The Bertz CT molecular complexity index is 1070. The summed E-state index contributed by atoms with van der Waals surface area (Å²) in [5.74, 6) is 0.559. The molecule has 0 fully saturated rings. The fraction of sp³-hybridized carbons (Fsp3) is 0.538. The van der Waals surface area contributed by atoms with Crippen LogP contribution in [0.25, 0.3) is 0 Å².